The van der Waals surface area contributed by atoms with Gasteiger partial charge < -0.3 is 4.74 Å². The molecule has 0 bridgehead atoms. The average molecular weight is 342 g/mol. The Labute approximate surface area is 126 Å². The van der Waals surface area contributed by atoms with E-state index in [2.05, 4.69) is 45.8 Å². The van der Waals surface area contributed by atoms with Gasteiger partial charge in [-0.2, -0.15) is 0 Å². The summed E-state index contributed by atoms with van der Waals surface area (Å²) in [5, 5.41) is 0.336. The van der Waals surface area contributed by atoms with E-state index in [0.29, 0.717) is 21.4 Å². The molecular formula is C14H14BrClN2O. The van der Waals surface area contributed by atoms with Crippen LogP contribution in [-0.4, -0.2) is 9.97 Å². The number of benzene rings is 1. The van der Waals surface area contributed by atoms with Crippen molar-refractivity contribution in [3.8, 4) is 11.6 Å². The minimum Gasteiger partial charge on any atom is -0.437 e. The molecule has 0 unspecified atom stereocenters. The summed E-state index contributed by atoms with van der Waals surface area (Å²) < 4.78 is 6.39. The van der Waals surface area contributed by atoms with Crippen molar-refractivity contribution in [1.82, 2.24) is 9.97 Å². The zero-order valence-corrected chi connectivity index (χ0v) is 13.3. The Bertz CT molecular complexity index is 602. The van der Waals surface area contributed by atoms with Crippen LogP contribution in [0.25, 0.3) is 0 Å². The molecule has 0 radical (unpaired) electrons. The number of halogens is 2. The summed E-state index contributed by atoms with van der Waals surface area (Å²) in [6.45, 7) is 6.29. The van der Waals surface area contributed by atoms with Crippen molar-refractivity contribution in [2.75, 3.05) is 0 Å². The van der Waals surface area contributed by atoms with Crippen molar-refractivity contribution in [3.63, 3.8) is 0 Å². The Balaban J connectivity index is 2.37. The predicted molar refractivity (Wildman–Crippen MR) is 80.1 cm³/mol. The minimum absolute atomic E-state index is 0.336. The fourth-order valence-corrected chi connectivity index (χ4v) is 2.00. The normalized spacial score (nSPS) is 10.8. The van der Waals surface area contributed by atoms with E-state index in [1.54, 1.807) is 0 Å². The number of rotatable bonds is 3. The van der Waals surface area contributed by atoms with E-state index in [1.165, 1.54) is 11.9 Å². The topological polar surface area (TPSA) is 35.0 Å². The van der Waals surface area contributed by atoms with Gasteiger partial charge in [0.15, 0.2) is 5.15 Å². The number of aromatic nitrogens is 2. The molecule has 1 aromatic heterocycles. The fourth-order valence-electron chi connectivity index (χ4n) is 1.59. The van der Waals surface area contributed by atoms with Gasteiger partial charge in [0.2, 0.25) is 5.88 Å². The Kier molecular flexibility index (Phi) is 4.42. The molecule has 0 fully saturated rings. The molecule has 2 aromatic rings. The smallest absolute Gasteiger partial charge is 0.238 e. The second-order valence-electron chi connectivity index (χ2n) is 4.57. The highest BCUT2D eigenvalue weighted by atomic mass is 79.9. The highest BCUT2D eigenvalue weighted by Crippen LogP contribution is 2.34. The van der Waals surface area contributed by atoms with Gasteiger partial charge in [-0.15, -0.1) is 0 Å². The van der Waals surface area contributed by atoms with Crippen LogP contribution in [0.3, 0.4) is 0 Å². The van der Waals surface area contributed by atoms with Crippen molar-refractivity contribution in [1.29, 1.82) is 0 Å². The second kappa shape index (κ2) is 5.88. The summed E-state index contributed by atoms with van der Waals surface area (Å²) in [6.07, 6.45) is 1.38. The lowest BCUT2D eigenvalue weighted by Crippen LogP contribution is -1.95. The van der Waals surface area contributed by atoms with Crippen LogP contribution >= 0.6 is 27.5 Å². The minimum atomic E-state index is 0.336. The van der Waals surface area contributed by atoms with E-state index in [0.717, 1.165) is 11.3 Å². The first-order chi connectivity index (χ1) is 8.99. The van der Waals surface area contributed by atoms with E-state index < -0.39 is 0 Å². The van der Waals surface area contributed by atoms with Crippen LogP contribution in [0.5, 0.6) is 11.6 Å². The summed E-state index contributed by atoms with van der Waals surface area (Å²) in [5.74, 6) is 1.64. The number of ether oxygens (including phenoxy) is 1. The van der Waals surface area contributed by atoms with E-state index in [-0.39, 0.29) is 0 Å². The van der Waals surface area contributed by atoms with Crippen LogP contribution in [0.4, 0.5) is 0 Å². The zero-order chi connectivity index (χ0) is 14.0. The van der Waals surface area contributed by atoms with Crippen LogP contribution in [0.1, 0.15) is 30.9 Å². The zero-order valence-electron chi connectivity index (χ0n) is 10.9. The molecule has 0 aliphatic heterocycles. The van der Waals surface area contributed by atoms with Crippen LogP contribution < -0.4 is 4.74 Å². The summed E-state index contributed by atoms with van der Waals surface area (Å²) in [5.41, 5.74) is 2.27. The second-order valence-corrected chi connectivity index (χ2v) is 5.72. The summed E-state index contributed by atoms with van der Waals surface area (Å²) in [4.78, 5) is 7.96. The van der Waals surface area contributed by atoms with Gasteiger partial charge in [-0.3, -0.25) is 0 Å². The molecule has 3 nitrogen and oxygen atoms in total. The van der Waals surface area contributed by atoms with Gasteiger partial charge in [0, 0.05) is 0 Å². The molecule has 0 saturated heterocycles. The first kappa shape index (κ1) is 14.3. The third kappa shape index (κ3) is 3.25. The maximum atomic E-state index is 5.92. The molecule has 0 aliphatic rings. The average Bonchev–Trinajstić information content (AvgIpc) is 2.37. The lowest BCUT2D eigenvalue weighted by Gasteiger charge is -2.12. The SMILES string of the molecule is Cc1ccc(C(C)C)cc1Oc1ncnc(Cl)c1Br. The van der Waals surface area contributed by atoms with Gasteiger partial charge >= 0.3 is 0 Å². The van der Waals surface area contributed by atoms with Gasteiger partial charge in [-0.05, 0) is 46.0 Å². The molecular weight excluding hydrogens is 328 g/mol. The summed E-state index contributed by atoms with van der Waals surface area (Å²) >= 11 is 9.25. The van der Waals surface area contributed by atoms with Gasteiger partial charge in [-0.1, -0.05) is 37.6 Å². The van der Waals surface area contributed by atoms with Gasteiger partial charge in [0.05, 0.1) is 0 Å². The van der Waals surface area contributed by atoms with E-state index in [4.69, 9.17) is 16.3 Å². The number of hydrogen-bond donors (Lipinski definition) is 0. The molecule has 0 N–H and O–H groups in total. The number of aryl methyl sites for hydroxylation is 1. The van der Waals surface area contributed by atoms with Gasteiger partial charge in [0.1, 0.15) is 16.5 Å². The van der Waals surface area contributed by atoms with Crippen molar-refractivity contribution >= 4 is 27.5 Å². The third-order valence-electron chi connectivity index (χ3n) is 2.80. The molecule has 0 saturated carbocycles. The molecule has 0 aliphatic carbocycles. The van der Waals surface area contributed by atoms with Crippen LogP contribution in [0.15, 0.2) is 29.0 Å². The van der Waals surface area contributed by atoms with E-state index >= 15 is 0 Å². The first-order valence-corrected chi connectivity index (χ1v) is 7.10. The third-order valence-corrected chi connectivity index (χ3v) is 4.03. The molecule has 0 spiro atoms. The molecule has 0 atom stereocenters. The Morgan fingerprint density at radius 2 is 2.00 bits per heavy atom. The quantitative estimate of drug-likeness (QED) is 0.727. The Morgan fingerprint density at radius 1 is 1.26 bits per heavy atom. The van der Waals surface area contributed by atoms with Crippen LogP contribution in [0, 0.1) is 6.92 Å². The number of nitrogens with zero attached hydrogens (tertiary/aromatic N) is 2. The maximum absolute atomic E-state index is 5.92. The van der Waals surface area contributed by atoms with Gasteiger partial charge in [-0.25, -0.2) is 9.97 Å². The Hall–Kier alpha value is -1.13. The van der Waals surface area contributed by atoms with E-state index in [1.807, 2.05) is 19.1 Å². The highest BCUT2D eigenvalue weighted by molar-refractivity contribution is 9.10. The van der Waals surface area contributed by atoms with E-state index in [9.17, 15) is 0 Å². The fraction of sp³-hybridized carbons (Fsp3) is 0.286. The lowest BCUT2D eigenvalue weighted by molar-refractivity contribution is 0.453. The largest absolute Gasteiger partial charge is 0.437 e. The monoisotopic (exact) mass is 340 g/mol. The van der Waals surface area contributed by atoms with Crippen molar-refractivity contribution in [3.05, 3.63) is 45.3 Å². The highest BCUT2D eigenvalue weighted by Gasteiger charge is 2.11. The lowest BCUT2D eigenvalue weighted by atomic mass is 10.0. The van der Waals surface area contributed by atoms with Crippen molar-refractivity contribution < 1.29 is 4.74 Å². The molecule has 0 amide bonds. The molecule has 2 rings (SSSR count). The Morgan fingerprint density at radius 3 is 2.68 bits per heavy atom. The van der Waals surface area contributed by atoms with Crippen LogP contribution in [-0.2, 0) is 0 Å². The predicted octanol–water partition coefficient (Wildman–Crippen LogP) is 5.12. The first-order valence-electron chi connectivity index (χ1n) is 5.93. The summed E-state index contributed by atoms with van der Waals surface area (Å²) in [6, 6.07) is 6.18. The molecule has 5 heteroatoms. The summed E-state index contributed by atoms with van der Waals surface area (Å²) in [7, 11) is 0. The molecule has 1 aromatic carbocycles. The van der Waals surface area contributed by atoms with Crippen molar-refractivity contribution in [2.45, 2.75) is 26.7 Å². The van der Waals surface area contributed by atoms with Crippen molar-refractivity contribution in [2.24, 2.45) is 0 Å². The molecule has 1 heterocycles. The molecule has 100 valence electrons. The van der Waals surface area contributed by atoms with Gasteiger partial charge in [0.25, 0.3) is 0 Å². The standard InChI is InChI=1S/C14H14BrClN2O/c1-8(2)10-5-4-9(3)11(6-10)19-14-12(15)13(16)17-7-18-14/h4-8H,1-3H3. The van der Waals surface area contributed by atoms with Crippen LogP contribution in [0.2, 0.25) is 5.15 Å². The number of hydrogen-bond acceptors (Lipinski definition) is 3. The molecule has 19 heavy (non-hydrogen) atoms. The maximum Gasteiger partial charge on any atom is 0.238 e.